The smallest absolute Gasteiger partial charge is 0.311 e. The van der Waals surface area contributed by atoms with E-state index in [1.807, 2.05) is 0 Å². The summed E-state index contributed by atoms with van der Waals surface area (Å²) < 4.78 is 4.82. The zero-order valence-corrected chi connectivity index (χ0v) is 9.29. The Hall–Kier alpha value is -1.59. The van der Waals surface area contributed by atoms with Crippen molar-refractivity contribution in [1.82, 2.24) is 9.97 Å². The standard InChI is InChI=1S/C9H5Cl2N3O2/c10-6-2-1-5(3-12-6)13-8(15)9-14-7(11)4-16-9/h1-4H,(H,13,15). The molecule has 0 fully saturated rings. The maximum atomic E-state index is 11.5. The Labute approximate surface area is 100 Å². The van der Waals surface area contributed by atoms with Crippen LogP contribution in [0.3, 0.4) is 0 Å². The molecule has 7 heteroatoms. The molecule has 2 rings (SSSR count). The van der Waals surface area contributed by atoms with Crippen molar-refractivity contribution in [3.8, 4) is 0 Å². The molecule has 0 radical (unpaired) electrons. The van der Waals surface area contributed by atoms with Crippen LogP contribution in [-0.4, -0.2) is 15.9 Å². The Balaban J connectivity index is 2.10. The van der Waals surface area contributed by atoms with Crippen molar-refractivity contribution >= 4 is 34.8 Å². The Kier molecular flexibility index (Phi) is 3.07. The number of amides is 1. The van der Waals surface area contributed by atoms with Crippen molar-refractivity contribution in [1.29, 1.82) is 0 Å². The fourth-order valence-corrected chi connectivity index (χ4v) is 1.23. The summed E-state index contributed by atoms with van der Waals surface area (Å²) in [5, 5.41) is 2.99. The lowest BCUT2D eigenvalue weighted by atomic mass is 10.4. The van der Waals surface area contributed by atoms with Gasteiger partial charge in [-0.2, -0.15) is 4.98 Å². The fraction of sp³-hybridized carbons (Fsp3) is 0. The number of rotatable bonds is 2. The average molecular weight is 258 g/mol. The second kappa shape index (κ2) is 4.51. The first kappa shape index (κ1) is 10.9. The quantitative estimate of drug-likeness (QED) is 0.840. The second-order valence-electron chi connectivity index (χ2n) is 2.80. The van der Waals surface area contributed by atoms with Crippen LogP contribution >= 0.6 is 23.2 Å². The van der Waals surface area contributed by atoms with Gasteiger partial charge in [-0.3, -0.25) is 4.79 Å². The van der Waals surface area contributed by atoms with Gasteiger partial charge in [-0.1, -0.05) is 23.2 Å². The number of hydrogen-bond acceptors (Lipinski definition) is 4. The molecule has 1 N–H and O–H groups in total. The summed E-state index contributed by atoms with van der Waals surface area (Å²) >= 11 is 11.1. The molecule has 0 atom stereocenters. The SMILES string of the molecule is O=C(Nc1ccc(Cl)nc1)c1nc(Cl)co1. The predicted molar refractivity (Wildman–Crippen MR) is 58.7 cm³/mol. The number of halogens is 2. The molecule has 0 bridgehead atoms. The lowest BCUT2D eigenvalue weighted by Gasteiger charge is -2.00. The number of aromatic nitrogens is 2. The molecule has 0 saturated carbocycles. The molecule has 1 amide bonds. The zero-order chi connectivity index (χ0) is 11.5. The molecular weight excluding hydrogens is 253 g/mol. The molecule has 0 unspecified atom stereocenters. The van der Waals surface area contributed by atoms with Gasteiger partial charge in [-0.25, -0.2) is 4.98 Å². The third kappa shape index (κ3) is 2.50. The highest BCUT2D eigenvalue weighted by Crippen LogP contribution is 2.12. The maximum absolute atomic E-state index is 11.5. The molecule has 0 aliphatic carbocycles. The molecule has 16 heavy (non-hydrogen) atoms. The lowest BCUT2D eigenvalue weighted by molar-refractivity contribution is 0.0990. The van der Waals surface area contributed by atoms with Gasteiger partial charge in [-0.15, -0.1) is 0 Å². The van der Waals surface area contributed by atoms with Gasteiger partial charge in [-0.05, 0) is 12.1 Å². The predicted octanol–water partition coefficient (Wildman–Crippen LogP) is 2.63. The third-order valence-corrected chi connectivity index (χ3v) is 2.05. The van der Waals surface area contributed by atoms with Crippen LogP contribution < -0.4 is 5.32 Å². The second-order valence-corrected chi connectivity index (χ2v) is 3.57. The highest BCUT2D eigenvalue weighted by atomic mass is 35.5. The summed E-state index contributed by atoms with van der Waals surface area (Å²) in [5.74, 6) is -0.615. The maximum Gasteiger partial charge on any atom is 0.311 e. The van der Waals surface area contributed by atoms with Crippen LogP contribution in [0, 0.1) is 0 Å². The van der Waals surface area contributed by atoms with Gasteiger partial charge in [0.15, 0.2) is 5.15 Å². The summed E-state index contributed by atoms with van der Waals surface area (Å²) in [4.78, 5) is 19.0. The van der Waals surface area contributed by atoms with Gasteiger partial charge in [0.1, 0.15) is 11.4 Å². The van der Waals surface area contributed by atoms with Crippen LogP contribution in [-0.2, 0) is 0 Å². The third-order valence-electron chi connectivity index (χ3n) is 1.66. The fourth-order valence-electron chi connectivity index (χ4n) is 0.993. The van der Waals surface area contributed by atoms with Gasteiger partial charge in [0.25, 0.3) is 5.89 Å². The molecule has 0 aliphatic heterocycles. The lowest BCUT2D eigenvalue weighted by Crippen LogP contribution is -2.12. The van der Waals surface area contributed by atoms with Gasteiger partial charge in [0, 0.05) is 0 Å². The molecule has 82 valence electrons. The van der Waals surface area contributed by atoms with Crippen molar-refractivity contribution in [2.24, 2.45) is 0 Å². The first-order valence-corrected chi connectivity index (χ1v) is 4.94. The van der Waals surface area contributed by atoms with E-state index >= 15 is 0 Å². The number of oxazole rings is 1. The van der Waals surface area contributed by atoms with E-state index in [-0.39, 0.29) is 11.0 Å². The summed E-state index contributed by atoms with van der Waals surface area (Å²) in [6.07, 6.45) is 2.60. The molecular formula is C9H5Cl2N3O2. The first-order valence-electron chi connectivity index (χ1n) is 4.19. The van der Waals surface area contributed by atoms with Crippen LogP contribution in [0.1, 0.15) is 10.7 Å². The summed E-state index contributed by atoms with van der Waals surface area (Å²) in [5.41, 5.74) is 0.490. The van der Waals surface area contributed by atoms with Crippen molar-refractivity contribution in [2.45, 2.75) is 0 Å². The van der Waals surface area contributed by atoms with Gasteiger partial charge in [0.05, 0.1) is 11.9 Å². The van der Waals surface area contributed by atoms with E-state index in [1.54, 1.807) is 12.1 Å². The largest absolute Gasteiger partial charge is 0.439 e. The molecule has 2 aromatic heterocycles. The summed E-state index contributed by atoms with van der Waals surface area (Å²) in [6.45, 7) is 0. The van der Waals surface area contributed by atoms with Crippen molar-refractivity contribution in [2.75, 3.05) is 5.32 Å². The van der Waals surface area contributed by atoms with E-state index in [0.29, 0.717) is 10.8 Å². The first-order chi connectivity index (χ1) is 7.65. The van der Waals surface area contributed by atoms with Crippen LogP contribution in [0.4, 0.5) is 5.69 Å². The van der Waals surface area contributed by atoms with Crippen LogP contribution in [0.15, 0.2) is 29.0 Å². The normalized spacial score (nSPS) is 10.1. The monoisotopic (exact) mass is 257 g/mol. The number of nitrogens with zero attached hydrogens (tertiary/aromatic N) is 2. The van der Waals surface area contributed by atoms with E-state index in [2.05, 4.69) is 15.3 Å². The highest BCUT2D eigenvalue weighted by Gasteiger charge is 2.12. The number of pyridine rings is 1. The van der Waals surface area contributed by atoms with E-state index in [1.165, 1.54) is 12.5 Å². The van der Waals surface area contributed by atoms with Crippen LogP contribution in [0.5, 0.6) is 0 Å². The summed E-state index contributed by atoms with van der Waals surface area (Å²) in [7, 11) is 0. The molecule has 5 nitrogen and oxygen atoms in total. The van der Waals surface area contributed by atoms with E-state index in [0.717, 1.165) is 0 Å². The Morgan fingerprint density at radius 1 is 1.31 bits per heavy atom. The minimum absolute atomic E-state index is 0.111. The number of carbonyl (C=O) groups excluding carboxylic acids is 1. The average Bonchev–Trinajstić information content (AvgIpc) is 2.68. The molecule has 0 aromatic carbocycles. The minimum atomic E-state index is -0.504. The van der Waals surface area contributed by atoms with Crippen molar-refractivity contribution in [3.05, 3.63) is 40.8 Å². The Bertz CT molecular complexity index is 510. The molecule has 0 aliphatic rings. The number of nitrogens with one attached hydrogen (secondary N) is 1. The molecule has 0 saturated heterocycles. The number of carbonyl (C=O) groups is 1. The molecule has 0 spiro atoms. The summed E-state index contributed by atoms with van der Waals surface area (Å²) in [6, 6.07) is 3.16. The zero-order valence-electron chi connectivity index (χ0n) is 7.78. The van der Waals surface area contributed by atoms with E-state index in [4.69, 9.17) is 27.6 Å². The van der Waals surface area contributed by atoms with Crippen LogP contribution in [0.25, 0.3) is 0 Å². The van der Waals surface area contributed by atoms with Gasteiger partial charge < -0.3 is 9.73 Å². The van der Waals surface area contributed by atoms with Crippen molar-refractivity contribution < 1.29 is 9.21 Å². The van der Waals surface area contributed by atoms with Gasteiger partial charge >= 0.3 is 5.91 Å². The molecule has 2 aromatic rings. The Morgan fingerprint density at radius 2 is 2.12 bits per heavy atom. The van der Waals surface area contributed by atoms with Crippen molar-refractivity contribution in [3.63, 3.8) is 0 Å². The van der Waals surface area contributed by atoms with Gasteiger partial charge in [0.2, 0.25) is 0 Å². The topological polar surface area (TPSA) is 68.0 Å². The minimum Gasteiger partial charge on any atom is -0.439 e. The van der Waals surface area contributed by atoms with E-state index in [9.17, 15) is 4.79 Å². The highest BCUT2D eigenvalue weighted by molar-refractivity contribution is 6.29. The number of anilines is 1. The number of hydrogen-bond donors (Lipinski definition) is 1. The van der Waals surface area contributed by atoms with E-state index < -0.39 is 5.91 Å². The molecule has 2 heterocycles. The Morgan fingerprint density at radius 3 is 2.69 bits per heavy atom. The van der Waals surface area contributed by atoms with Crippen LogP contribution in [0.2, 0.25) is 10.3 Å².